The molecule has 160 valence electrons. The molecule has 10 heteroatoms. The summed E-state index contributed by atoms with van der Waals surface area (Å²) in [6.45, 7) is 2.33. The third-order valence-corrected chi connectivity index (χ3v) is 6.50. The van der Waals surface area contributed by atoms with E-state index in [0.717, 1.165) is 4.57 Å². The molecule has 0 spiro atoms. The van der Waals surface area contributed by atoms with E-state index in [-0.39, 0.29) is 17.1 Å². The topological polar surface area (TPSA) is 119 Å². The normalized spacial score (nSPS) is 11.8. The molecule has 0 saturated heterocycles. The van der Waals surface area contributed by atoms with Crippen LogP contribution in [0.5, 0.6) is 0 Å². The van der Waals surface area contributed by atoms with Gasteiger partial charge in [0.1, 0.15) is 5.52 Å². The average Bonchev–Trinajstić information content (AvgIpc) is 3.23. The fourth-order valence-corrected chi connectivity index (χ4v) is 4.39. The Kier molecular flexibility index (Phi) is 5.34. The zero-order valence-corrected chi connectivity index (χ0v) is 17.8. The molecule has 2 N–H and O–H groups in total. The van der Waals surface area contributed by atoms with Crippen LogP contribution in [0.4, 0.5) is 0 Å². The second-order valence-electron chi connectivity index (χ2n) is 7.00. The predicted molar refractivity (Wildman–Crippen MR) is 117 cm³/mol. The molecule has 0 amide bonds. The van der Waals surface area contributed by atoms with Crippen LogP contribution in [0.1, 0.15) is 12.6 Å². The van der Waals surface area contributed by atoms with Crippen molar-refractivity contribution in [3.63, 3.8) is 0 Å². The van der Waals surface area contributed by atoms with Gasteiger partial charge >= 0.3 is 5.69 Å². The molecular formula is C21H21N5O4S. The van der Waals surface area contributed by atoms with Crippen molar-refractivity contribution in [1.29, 1.82) is 0 Å². The summed E-state index contributed by atoms with van der Waals surface area (Å²) in [7, 11) is -2.27. The maximum atomic E-state index is 12.6. The van der Waals surface area contributed by atoms with Gasteiger partial charge in [-0.05, 0) is 42.8 Å². The Morgan fingerprint density at radius 3 is 2.48 bits per heavy atom. The van der Waals surface area contributed by atoms with E-state index >= 15 is 0 Å². The van der Waals surface area contributed by atoms with Gasteiger partial charge in [-0.25, -0.2) is 17.9 Å². The highest BCUT2D eigenvalue weighted by Gasteiger charge is 2.16. The minimum atomic E-state index is -3.71. The highest BCUT2D eigenvalue weighted by molar-refractivity contribution is 7.89. The summed E-state index contributed by atoms with van der Waals surface area (Å²) in [6.07, 6.45) is 1.60. The van der Waals surface area contributed by atoms with Crippen LogP contribution in [0.15, 0.2) is 69.2 Å². The van der Waals surface area contributed by atoms with Crippen molar-refractivity contribution in [2.24, 2.45) is 7.05 Å². The first kappa shape index (κ1) is 20.8. The lowest BCUT2D eigenvalue weighted by atomic mass is 10.1. The number of hydrogen-bond acceptors (Lipinski definition) is 5. The molecule has 3 aromatic heterocycles. The van der Waals surface area contributed by atoms with E-state index < -0.39 is 15.6 Å². The van der Waals surface area contributed by atoms with Gasteiger partial charge in [-0.15, -0.1) is 0 Å². The zero-order valence-electron chi connectivity index (χ0n) is 17.0. The molecule has 3 heterocycles. The molecule has 9 nitrogen and oxygen atoms in total. The van der Waals surface area contributed by atoms with Crippen LogP contribution < -0.4 is 16.0 Å². The molecule has 0 aliphatic carbocycles. The second kappa shape index (κ2) is 7.97. The number of aryl methyl sites for hydroxylation is 1. The van der Waals surface area contributed by atoms with E-state index in [2.05, 4.69) is 14.7 Å². The lowest BCUT2D eigenvalue weighted by Gasteiger charge is -2.07. The number of pyridine rings is 1. The molecule has 31 heavy (non-hydrogen) atoms. The van der Waals surface area contributed by atoms with Crippen molar-refractivity contribution < 1.29 is 8.42 Å². The molecule has 1 aromatic carbocycles. The van der Waals surface area contributed by atoms with Crippen molar-refractivity contribution in [3.05, 3.63) is 81.3 Å². The van der Waals surface area contributed by atoms with E-state index in [1.54, 1.807) is 42.6 Å². The fourth-order valence-electron chi connectivity index (χ4n) is 3.39. The molecule has 0 atom stereocenters. The fraction of sp³-hybridized carbons (Fsp3) is 0.190. The first-order valence-corrected chi connectivity index (χ1v) is 11.1. The van der Waals surface area contributed by atoms with Gasteiger partial charge in [-0.2, -0.15) is 0 Å². The molecule has 0 bridgehead atoms. The van der Waals surface area contributed by atoms with Gasteiger partial charge in [0.15, 0.2) is 0 Å². The van der Waals surface area contributed by atoms with Crippen LogP contribution in [0, 0.1) is 0 Å². The number of nitrogens with one attached hydrogen (secondary N) is 2. The molecule has 0 radical (unpaired) electrons. The number of sulfonamides is 1. The SMILES string of the molecule is CCn1c(=O)n(C)c(=O)c2[nH]c(-c3ccc(S(=O)(=O)NCc4ccccn4)cc3)cc21. The number of aromatic amines is 1. The number of aromatic nitrogens is 4. The van der Waals surface area contributed by atoms with Gasteiger partial charge in [-0.1, -0.05) is 18.2 Å². The number of nitrogens with zero attached hydrogens (tertiary/aromatic N) is 3. The monoisotopic (exact) mass is 439 g/mol. The minimum Gasteiger partial charge on any atom is -0.349 e. The Morgan fingerprint density at radius 2 is 1.84 bits per heavy atom. The summed E-state index contributed by atoms with van der Waals surface area (Å²) in [6, 6.07) is 13.3. The minimum absolute atomic E-state index is 0.0881. The molecule has 0 aliphatic heterocycles. The Hall–Kier alpha value is -3.50. The molecule has 0 unspecified atom stereocenters. The van der Waals surface area contributed by atoms with Crippen LogP contribution in [-0.4, -0.2) is 27.5 Å². The van der Waals surface area contributed by atoms with Gasteiger partial charge in [0.2, 0.25) is 10.0 Å². The number of fused-ring (bicyclic) bond motifs is 1. The van der Waals surface area contributed by atoms with Crippen LogP contribution in [0.3, 0.4) is 0 Å². The van der Waals surface area contributed by atoms with Crippen molar-refractivity contribution >= 4 is 21.1 Å². The Bertz CT molecular complexity index is 1470. The molecule has 0 aliphatic rings. The summed E-state index contributed by atoms with van der Waals surface area (Å²) < 4.78 is 30.2. The number of hydrogen-bond donors (Lipinski definition) is 2. The smallest absolute Gasteiger partial charge is 0.331 e. The lowest BCUT2D eigenvalue weighted by Crippen LogP contribution is -2.37. The molecule has 0 fully saturated rings. The van der Waals surface area contributed by atoms with E-state index in [1.807, 2.05) is 6.92 Å². The van der Waals surface area contributed by atoms with Crippen LogP contribution in [0.2, 0.25) is 0 Å². The number of H-pyrrole nitrogens is 1. The zero-order chi connectivity index (χ0) is 22.2. The maximum absolute atomic E-state index is 12.6. The van der Waals surface area contributed by atoms with Crippen molar-refractivity contribution in [2.75, 3.05) is 0 Å². The van der Waals surface area contributed by atoms with Crippen molar-refractivity contribution in [2.45, 2.75) is 24.9 Å². The van der Waals surface area contributed by atoms with Gasteiger partial charge in [0.05, 0.1) is 22.7 Å². The maximum Gasteiger partial charge on any atom is 0.331 e. The highest BCUT2D eigenvalue weighted by Crippen LogP contribution is 2.23. The van der Waals surface area contributed by atoms with Crippen molar-refractivity contribution in [3.8, 4) is 11.3 Å². The quantitative estimate of drug-likeness (QED) is 0.473. The Labute approximate surface area is 178 Å². The van der Waals surface area contributed by atoms with E-state index in [0.29, 0.717) is 34.5 Å². The third kappa shape index (κ3) is 3.82. The summed E-state index contributed by atoms with van der Waals surface area (Å²) in [4.78, 5) is 32.1. The summed E-state index contributed by atoms with van der Waals surface area (Å²) in [5, 5.41) is 0. The summed E-state index contributed by atoms with van der Waals surface area (Å²) in [5.41, 5.74) is 1.97. The largest absolute Gasteiger partial charge is 0.349 e. The second-order valence-corrected chi connectivity index (χ2v) is 8.77. The Morgan fingerprint density at radius 1 is 1.10 bits per heavy atom. The van der Waals surface area contributed by atoms with Gasteiger partial charge in [0, 0.05) is 25.5 Å². The predicted octanol–water partition coefficient (Wildman–Crippen LogP) is 1.59. The number of rotatable bonds is 6. The van der Waals surface area contributed by atoms with Gasteiger partial charge in [0.25, 0.3) is 5.56 Å². The molecular weight excluding hydrogens is 418 g/mol. The third-order valence-electron chi connectivity index (χ3n) is 5.09. The first-order valence-electron chi connectivity index (χ1n) is 9.64. The summed E-state index contributed by atoms with van der Waals surface area (Å²) >= 11 is 0. The lowest BCUT2D eigenvalue weighted by molar-refractivity contribution is 0.580. The van der Waals surface area contributed by atoms with Gasteiger partial charge in [-0.3, -0.25) is 18.9 Å². The standard InChI is InChI=1S/C21H21N5O4S/c1-3-26-18-12-17(24-19(18)20(27)25(2)21(26)28)14-7-9-16(10-8-14)31(29,30)23-13-15-6-4-5-11-22-15/h4-12,23-24H,3,13H2,1-2H3. The van der Waals surface area contributed by atoms with Crippen molar-refractivity contribution in [1.82, 2.24) is 23.8 Å². The first-order chi connectivity index (χ1) is 14.8. The molecule has 4 aromatic rings. The number of benzene rings is 1. The van der Waals surface area contributed by atoms with E-state index in [4.69, 9.17) is 0 Å². The molecule has 0 saturated carbocycles. The molecule has 4 rings (SSSR count). The van der Waals surface area contributed by atoms with Crippen LogP contribution in [-0.2, 0) is 30.2 Å². The highest BCUT2D eigenvalue weighted by atomic mass is 32.2. The van der Waals surface area contributed by atoms with Crippen LogP contribution >= 0.6 is 0 Å². The van der Waals surface area contributed by atoms with E-state index in [1.165, 1.54) is 23.7 Å². The summed E-state index contributed by atoms with van der Waals surface area (Å²) in [5.74, 6) is 0. The average molecular weight is 439 g/mol. The van der Waals surface area contributed by atoms with E-state index in [9.17, 15) is 18.0 Å². The Balaban J connectivity index is 1.65. The van der Waals surface area contributed by atoms with Crippen LogP contribution in [0.25, 0.3) is 22.3 Å². The van der Waals surface area contributed by atoms with Gasteiger partial charge < -0.3 is 4.98 Å².